The molecule has 0 bridgehead atoms. The van der Waals surface area contributed by atoms with Gasteiger partial charge in [-0.1, -0.05) is 0 Å². The molecule has 10 heavy (non-hydrogen) atoms. The number of nitrogens with zero attached hydrogens (tertiary/aromatic N) is 1. The van der Waals surface area contributed by atoms with Gasteiger partial charge in [-0.15, -0.1) is 0 Å². The summed E-state index contributed by atoms with van der Waals surface area (Å²) in [6, 6.07) is 0. The lowest BCUT2D eigenvalue weighted by Crippen LogP contribution is -2.29. The van der Waals surface area contributed by atoms with Crippen molar-refractivity contribution in [1.29, 1.82) is 0 Å². The maximum absolute atomic E-state index is 5.02. The molecule has 0 aromatic rings. The Morgan fingerprint density at radius 2 is 1.90 bits per heavy atom. The Kier molecular flexibility index (Phi) is 5.32. The molecule has 0 aliphatic rings. The van der Waals surface area contributed by atoms with Crippen LogP contribution in [-0.2, 0) is 14.0 Å². The van der Waals surface area contributed by atoms with Gasteiger partial charge in [-0.2, -0.15) is 0 Å². The largest absolute Gasteiger partial charge is 0.331 e. The number of methoxy groups -OCH3 is 2. The van der Waals surface area contributed by atoms with E-state index in [1.807, 2.05) is 0 Å². The Hall–Kier alpha value is 0.410. The van der Waals surface area contributed by atoms with Crippen LogP contribution in [0, 0.1) is 0 Å². The summed E-state index contributed by atoms with van der Waals surface area (Å²) in [5.41, 5.74) is 0. The van der Waals surface area contributed by atoms with Crippen molar-refractivity contribution in [3.05, 3.63) is 0 Å². The first kappa shape index (κ1) is 10.4. The minimum Gasteiger partial charge on any atom is -0.331 e. The van der Waals surface area contributed by atoms with Gasteiger partial charge in [0.15, 0.2) is 8.60 Å². The molecular weight excluding hydrogens is 172 g/mol. The molecule has 0 radical (unpaired) electrons. The summed E-state index contributed by atoms with van der Waals surface area (Å²) in [6.45, 7) is 1.66. The van der Waals surface area contributed by atoms with Crippen molar-refractivity contribution in [1.82, 2.24) is 0 Å². The molecule has 0 fully saturated rings. The van der Waals surface area contributed by atoms with Crippen molar-refractivity contribution in [3.63, 3.8) is 0 Å². The van der Waals surface area contributed by atoms with Crippen molar-refractivity contribution in [2.45, 2.75) is 12.9 Å². The third kappa shape index (κ3) is 3.55. The third-order valence-electron chi connectivity index (χ3n) is 0.995. The highest BCUT2D eigenvalue weighted by Gasteiger charge is 2.22. The Labute approximate surface area is 64.5 Å². The zero-order valence-corrected chi connectivity index (χ0v) is 8.25. The molecular formula is C4H11NO3P2. The summed E-state index contributed by atoms with van der Waals surface area (Å²) in [6.07, 6.45) is 0. The molecule has 60 valence electrons. The number of rotatable bonds is 4. The van der Waals surface area contributed by atoms with E-state index in [1.165, 1.54) is 14.2 Å². The third-order valence-corrected chi connectivity index (χ3v) is 1.79. The van der Waals surface area contributed by atoms with Crippen LogP contribution < -0.4 is 0 Å². The van der Waals surface area contributed by atoms with Crippen molar-refractivity contribution >= 4 is 18.0 Å². The zero-order chi connectivity index (χ0) is 8.04. The van der Waals surface area contributed by atoms with E-state index in [9.17, 15) is 0 Å². The standard InChI is InChI=1S/C4H11NO3P2/c1-4(6-2,7-3)8-10-5-9/h9H2,1-3H3. The maximum atomic E-state index is 5.02. The van der Waals surface area contributed by atoms with Crippen molar-refractivity contribution in [2.24, 2.45) is 4.52 Å². The monoisotopic (exact) mass is 183 g/mol. The second-order valence-corrected chi connectivity index (χ2v) is 2.83. The van der Waals surface area contributed by atoms with Crippen LogP contribution >= 0.6 is 18.0 Å². The average Bonchev–Trinajstić information content (AvgIpc) is 2.00. The van der Waals surface area contributed by atoms with Gasteiger partial charge in [0.05, 0.1) is 0 Å². The summed E-state index contributed by atoms with van der Waals surface area (Å²) in [5, 5.41) is 0. The molecule has 0 aromatic carbocycles. The van der Waals surface area contributed by atoms with Gasteiger partial charge >= 0.3 is 0 Å². The van der Waals surface area contributed by atoms with E-state index >= 15 is 0 Å². The highest BCUT2D eigenvalue weighted by atomic mass is 31.1. The lowest BCUT2D eigenvalue weighted by molar-refractivity contribution is -0.304. The summed E-state index contributed by atoms with van der Waals surface area (Å²) in [7, 11) is 5.64. The van der Waals surface area contributed by atoms with Gasteiger partial charge in [0.1, 0.15) is 0 Å². The van der Waals surface area contributed by atoms with Gasteiger partial charge in [0, 0.05) is 21.1 Å². The fourth-order valence-electron chi connectivity index (χ4n) is 0.256. The minimum atomic E-state index is -0.984. The van der Waals surface area contributed by atoms with E-state index in [0.717, 1.165) is 0 Å². The lowest BCUT2D eigenvalue weighted by atomic mass is 10.7. The minimum absolute atomic E-state index is 0.460. The van der Waals surface area contributed by atoms with Crippen LogP contribution in [0.1, 0.15) is 6.92 Å². The predicted octanol–water partition coefficient (Wildman–Crippen LogP) is 1.80. The zero-order valence-electron chi connectivity index (χ0n) is 6.20. The van der Waals surface area contributed by atoms with E-state index in [-0.39, 0.29) is 0 Å². The Morgan fingerprint density at radius 3 is 2.20 bits per heavy atom. The normalized spacial score (nSPS) is 12.8. The molecule has 0 spiro atoms. The molecule has 0 aliphatic heterocycles. The van der Waals surface area contributed by atoms with Gasteiger partial charge in [-0.05, 0) is 9.39 Å². The summed E-state index contributed by atoms with van der Waals surface area (Å²) in [5.74, 6) is -0.984. The van der Waals surface area contributed by atoms with Crippen LogP contribution in [0.2, 0.25) is 0 Å². The van der Waals surface area contributed by atoms with Crippen molar-refractivity contribution in [2.75, 3.05) is 14.2 Å². The first-order valence-electron chi connectivity index (χ1n) is 2.57. The van der Waals surface area contributed by atoms with E-state index < -0.39 is 5.97 Å². The van der Waals surface area contributed by atoms with E-state index in [1.54, 1.807) is 6.92 Å². The van der Waals surface area contributed by atoms with Crippen LogP contribution in [0.3, 0.4) is 0 Å². The summed E-state index contributed by atoms with van der Waals surface area (Å²) >= 11 is 0. The molecule has 0 N–H and O–H groups in total. The van der Waals surface area contributed by atoms with Gasteiger partial charge < -0.3 is 9.47 Å². The second kappa shape index (κ2) is 5.11. The van der Waals surface area contributed by atoms with E-state index in [4.69, 9.17) is 14.0 Å². The van der Waals surface area contributed by atoms with Gasteiger partial charge in [-0.3, -0.25) is 4.52 Å². The lowest BCUT2D eigenvalue weighted by Gasteiger charge is -2.22. The molecule has 0 rings (SSSR count). The second-order valence-electron chi connectivity index (χ2n) is 1.56. The van der Waals surface area contributed by atoms with Crippen molar-refractivity contribution in [3.8, 4) is 0 Å². The quantitative estimate of drug-likeness (QED) is 0.492. The first-order valence-corrected chi connectivity index (χ1v) is 3.85. The molecule has 6 heteroatoms. The molecule has 0 saturated heterocycles. The van der Waals surface area contributed by atoms with Crippen molar-refractivity contribution < 1.29 is 14.0 Å². The van der Waals surface area contributed by atoms with Crippen LogP contribution in [-0.4, -0.2) is 20.2 Å². The van der Waals surface area contributed by atoms with Gasteiger partial charge in [0.2, 0.25) is 0 Å². The SMILES string of the molecule is COC(C)(OC)OP=NP. The van der Waals surface area contributed by atoms with E-state index in [0.29, 0.717) is 8.60 Å². The average molecular weight is 183 g/mol. The fraction of sp³-hybridized carbons (Fsp3) is 1.00. The molecule has 0 aliphatic carbocycles. The van der Waals surface area contributed by atoms with Crippen LogP contribution in [0.25, 0.3) is 0 Å². The van der Waals surface area contributed by atoms with Gasteiger partial charge in [-0.25, -0.2) is 4.52 Å². The number of hydrogen-bond donors (Lipinski definition) is 0. The Morgan fingerprint density at radius 1 is 1.40 bits per heavy atom. The predicted molar refractivity (Wildman–Crippen MR) is 42.6 cm³/mol. The summed E-state index contributed by atoms with van der Waals surface area (Å²) < 4.78 is 18.4. The highest BCUT2D eigenvalue weighted by molar-refractivity contribution is 7.31. The number of hydrogen-bond acceptors (Lipinski definition) is 4. The van der Waals surface area contributed by atoms with Crippen LogP contribution in [0.4, 0.5) is 0 Å². The molecule has 0 amide bonds. The summed E-state index contributed by atoms with van der Waals surface area (Å²) in [4.78, 5) is 0. The molecule has 0 heterocycles. The fourth-order valence-corrected chi connectivity index (χ4v) is 0.742. The van der Waals surface area contributed by atoms with Crippen LogP contribution in [0.15, 0.2) is 4.52 Å². The molecule has 0 saturated carbocycles. The van der Waals surface area contributed by atoms with E-state index in [2.05, 4.69) is 13.9 Å². The number of ether oxygens (including phenoxy) is 2. The molecule has 1 atom stereocenters. The maximum Gasteiger partial charge on any atom is 0.288 e. The molecule has 4 nitrogen and oxygen atoms in total. The highest BCUT2D eigenvalue weighted by Crippen LogP contribution is 2.20. The topological polar surface area (TPSA) is 40.0 Å². The Balaban J connectivity index is 3.80. The van der Waals surface area contributed by atoms with Gasteiger partial charge in [0.25, 0.3) is 5.97 Å². The Bertz CT molecular complexity index is 115. The first-order chi connectivity index (χ1) is 4.68. The molecule has 0 aromatic heterocycles. The smallest absolute Gasteiger partial charge is 0.288 e. The molecule has 1 unspecified atom stereocenters. The van der Waals surface area contributed by atoms with Crippen LogP contribution in [0.5, 0.6) is 0 Å².